The number of aromatic nitrogens is 1. The maximum absolute atomic E-state index is 13.0. The van der Waals surface area contributed by atoms with Crippen LogP contribution in [-0.2, 0) is 6.54 Å². The molecule has 0 amide bonds. The predicted molar refractivity (Wildman–Crippen MR) is 51.7 cm³/mol. The Bertz CT molecular complexity index is 430. The van der Waals surface area contributed by atoms with E-state index in [9.17, 15) is 4.39 Å². The van der Waals surface area contributed by atoms with Crippen molar-refractivity contribution in [3.63, 3.8) is 0 Å². The molecule has 2 aromatic rings. The molecule has 0 aliphatic rings. The van der Waals surface area contributed by atoms with E-state index in [0.29, 0.717) is 23.5 Å². The summed E-state index contributed by atoms with van der Waals surface area (Å²) in [7, 11) is 1.78. The van der Waals surface area contributed by atoms with Gasteiger partial charge < -0.3 is 9.73 Å². The minimum absolute atomic E-state index is 0.0460. The van der Waals surface area contributed by atoms with Gasteiger partial charge >= 0.3 is 0 Å². The van der Waals surface area contributed by atoms with E-state index in [1.807, 2.05) is 0 Å². The van der Waals surface area contributed by atoms with Gasteiger partial charge in [0.05, 0.1) is 11.6 Å². The molecule has 74 valence electrons. The highest BCUT2D eigenvalue weighted by molar-refractivity contribution is 6.31. The molecule has 0 spiro atoms. The first kappa shape index (κ1) is 9.43. The van der Waals surface area contributed by atoms with Gasteiger partial charge in [-0.1, -0.05) is 11.6 Å². The van der Waals surface area contributed by atoms with Gasteiger partial charge in [0.15, 0.2) is 5.58 Å². The van der Waals surface area contributed by atoms with Crippen molar-refractivity contribution < 1.29 is 8.81 Å². The average Bonchev–Trinajstić information content (AvgIpc) is 2.48. The summed E-state index contributed by atoms with van der Waals surface area (Å²) in [5.74, 6) is 0.0349. The van der Waals surface area contributed by atoms with Crippen LogP contribution in [0.15, 0.2) is 16.5 Å². The van der Waals surface area contributed by atoms with Gasteiger partial charge in [0.2, 0.25) is 5.89 Å². The van der Waals surface area contributed by atoms with Crippen molar-refractivity contribution in [2.75, 3.05) is 7.05 Å². The van der Waals surface area contributed by atoms with Crippen LogP contribution in [0.2, 0.25) is 5.02 Å². The molecule has 0 aliphatic carbocycles. The van der Waals surface area contributed by atoms with Crippen molar-refractivity contribution in [1.29, 1.82) is 0 Å². The number of nitrogens with one attached hydrogen (secondary N) is 1. The quantitative estimate of drug-likeness (QED) is 0.834. The number of hydrogen-bond acceptors (Lipinski definition) is 3. The first-order valence-electron chi connectivity index (χ1n) is 4.10. The molecule has 5 heteroatoms. The van der Waals surface area contributed by atoms with Crippen molar-refractivity contribution in [3.05, 3.63) is 28.9 Å². The molecule has 0 saturated carbocycles. The topological polar surface area (TPSA) is 38.1 Å². The summed E-state index contributed by atoms with van der Waals surface area (Å²) in [5, 5.41) is 2.94. The molecule has 0 bridgehead atoms. The van der Waals surface area contributed by atoms with E-state index in [0.717, 1.165) is 0 Å². The second kappa shape index (κ2) is 3.55. The lowest BCUT2D eigenvalue weighted by Gasteiger charge is -1.90. The SMILES string of the molecule is CNCc1nc2cc(F)c(Cl)cc2o1. The monoisotopic (exact) mass is 214 g/mol. The second-order valence-electron chi connectivity index (χ2n) is 2.87. The van der Waals surface area contributed by atoms with Crippen LogP contribution < -0.4 is 5.32 Å². The van der Waals surface area contributed by atoms with Gasteiger partial charge in [0.1, 0.15) is 11.3 Å². The van der Waals surface area contributed by atoms with E-state index >= 15 is 0 Å². The van der Waals surface area contributed by atoms with E-state index in [1.54, 1.807) is 7.05 Å². The molecule has 0 unspecified atom stereocenters. The van der Waals surface area contributed by atoms with Crippen LogP contribution in [-0.4, -0.2) is 12.0 Å². The molecule has 2 rings (SSSR count). The number of benzene rings is 1. The van der Waals surface area contributed by atoms with Gasteiger partial charge in [-0.05, 0) is 7.05 Å². The van der Waals surface area contributed by atoms with Crippen LogP contribution >= 0.6 is 11.6 Å². The lowest BCUT2D eigenvalue weighted by atomic mass is 10.3. The number of nitrogens with zero attached hydrogens (tertiary/aromatic N) is 1. The third-order valence-electron chi connectivity index (χ3n) is 1.80. The Morgan fingerprint density at radius 1 is 1.57 bits per heavy atom. The van der Waals surface area contributed by atoms with E-state index in [1.165, 1.54) is 12.1 Å². The molecule has 0 aliphatic heterocycles. The van der Waals surface area contributed by atoms with Crippen LogP contribution in [0.1, 0.15) is 5.89 Å². The van der Waals surface area contributed by atoms with E-state index < -0.39 is 5.82 Å². The highest BCUT2D eigenvalue weighted by Gasteiger charge is 2.08. The number of halogens is 2. The smallest absolute Gasteiger partial charge is 0.209 e. The van der Waals surface area contributed by atoms with Crippen LogP contribution in [0.4, 0.5) is 4.39 Å². The van der Waals surface area contributed by atoms with Gasteiger partial charge in [0, 0.05) is 12.1 Å². The van der Waals surface area contributed by atoms with E-state index in [4.69, 9.17) is 16.0 Å². The standard InChI is InChI=1S/C9H8ClFN2O/c1-12-4-9-13-7-3-6(11)5(10)2-8(7)14-9/h2-3,12H,4H2,1H3. The minimum Gasteiger partial charge on any atom is -0.439 e. The minimum atomic E-state index is -0.483. The molecule has 0 atom stereocenters. The Balaban J connectivity index is 2.54. The normalized spacial score (nSPS) is 11.1. The summed E-state index contributed by atoms with van der Waals surface area (Å²) < 4.78 is 18.3. The number of fused-ring (bicyclic) bond motifs is 1. The van der Waals surface area contributed by atoms with Crippen molar-refractivity contribution in [2.45, 2.75) is 6.54 Å². The molecule has 14 heavy (non-hydrogen) atoms. The third-order valence-corrected chi connectivity index (χ3v) is 2.09. The summed E-state index contributed by atoms with van der Waals surface area (Å²) in [5.41, 5.74) is 0.985. The Morgan fingerprint density at radius 3 is 3.07 bits per heavy atom. The fraction of sp³-hybridized carbons (Fsp3) is 0.222. The molecular formula is C9H8ClFN2O. The van der Waals surface area contributed by atoms with Gasteiger partial charge in [-0.15, -0.1) is 0 Å². The Hall–Kier alpha value is -1.13. The lowest BCUT2D eigenvalue weighted by molar-refractivity contribution is 0.511. The van der Waals surface area contributed by atoms with Crippen molar-refractivity contribution in [2.24, 2.45) is 0 Å². The fourth-order valence-corrected chi connectivity index (χ4v) is 1.35. The van der Waals surface area contributed by atoms with E-state index in [2.05, 4.69) is 10.3 Å². The highest BCUT2D eigenvalue weighted by Crippen LogP contribution is 2.23. The molecule has 1 aromatic carbocycles. The Kier molecular flexibility index (Phi) is 2.39. The largest absolute Gasteiger partial charge is 0.439 e. The maximum atomic E-state index is 13.0. The Labute approximate surface area is 84.9 Å². The molecule has 1 aromatic heterocycles. The second-order valence-corrected chi connectivity index (χ2v) is 3.28. The molecule has 0 radical (unpaired) electrons. The molecule has 1 heterocycles. The molecule has 3 nitrogen and oxygen atoms in total. The zero-order valence-corrected chi connectivity index (χ0v) is 8.23. The first-order chi connectivity index (χ1) is 6.70. The van der Waals surface area contributed by atoms with E-state index in [-0.39, 0.29) is 5.02 Å². The van der Waals surface area contributed by atoms with Gasteiger partial charge in [-0.2, -0.15) is 0 Å². The van der Waals surface area contributed by atoms with Gasteiger partial charge in [-0.3, -0.25) is 0 Å². The predicted octanol–water partition coefficient (Wildman–Crippen LogP) is 2.34. The van der Waals surface area contributed by atoms with Gasteiger partial charge in [0.25, 0.3) is 0 Å². The average molecular weight is 215 g/mol. The zero-order valence-electron chi connectivity index (χ0n) is 7.47. The first-order valence-corrected chi connectivity index (χ1v) is 4.47. The number of rotatable bonds is 2. The highest BCUT2D eigenvalue weighted by atomic mass is 35.5. The lowest BCUT2D eigenvalue weighted by Crippen LogP contribution is -2.04. The third kappa shape index (κ3) is 1.58. The molecular weight excluding hydrogens is 207 g/mol. The van der Waals surface area contributed by atoms with Gasteiger partial charge in [-0.25, -0.2) is 9.37 Å². The summed E-state index contributed by atoms with van der Waals surface area (Å²) in [4.78, 5) is 4.08. The summed E-state index contributed by atoms with van der Waals surface area (Å²) in [6, 6.07) is 2.69. The van der Waals surface area contributed by atoms with Crippen LogP contribution in [0.25, 0.3) is 11.1 Å². The number of oxazole rings is 1. The summed E-state index contributed by atoms with van der Waals surface area (Å²) in [6.07, 6.45) is 0. The number of hydrogen-bond donors (Lipinski definition) is 1. The van der Waals surface area contributed by atoms with Crippen LogP contribution in [0.3, 0.4) is 0 Å². The molecule has 1 N–H and O–H groups in total. The van der Waals surface area contributed by atoms with Crippen molar-refractivity contribution in [3.8, 4) is 0 Å². The fourth-order valence-electron chi connectivity index (χ4n) is 1.20. The molecule has 0 saturated heterocycles. The van der Waals surface area contributed by atoms with Crippen molar-refractivity contribution in [1.82, 2.24) is 10.3 Å². The summed E-state index contributed by atoms with van der Waals surface area (Å²) >= 11 is 5.60. The molecule has 0 fully saturated rings. The summed E-state index contributed by atoms with van der Waals surface area (Å²) in [6.45, 7) is 0.508. The maximum Gasteiger partial charge on any atom is 0.209 e. The van der Waals surface area contributed by atoms with Crippen LogP contribution in [0.5, 0.6) is 0 Å². The van der Waals surface area contributed by atoms with Crippen molar-refractivity contribution >= 4 is 22.7 Å². The van der Waals surface area contributed by atoms with Crippen LogP contribution in [0, 0.1) is 5.82 Å². The Morgan fingerprint density at radius 2 is 2.36 bits per heavy atom. The zero-order chi connectivity index (χ0) is 10.1.